The maximum absolute atomic E-state index is 5.98. The number of aryl methyl sites for hydroxylation is 1. The summed E-state index contributed by atoms with van der Waals surface area (Å²) in [4.78, 5) is 0. The van der Waals surface area contributed by atoms with Gasteiger partial charge in [0, 0.05) is 16.0 Å². The highest BCUT2D eigenvalue weighted by atomic mass is 79.9. The second-order valence-electron chi connectivity index (χ2n) is 4.18. The van der Waals surface area contributed by atoms with E-state index in [9.17, 15) is 0 Å². The maximum atomic E-state index is 5.98. The first kappa shape index (κ1) is 15.3. The minimum atomic E-state index is -0.251. The van der Waals surface area contributed by atoms with E-state index in [1.165, 1.54) is 0 Å². The molecule has 0 aliphatic heterocycles. The third-order valence-electron chi connectivity index (χ3n) is 3.08. The standard InChI is InChI=1S/C13H16BrClN4O/c1-3-19-13(11(20-2)7-17-19)12(18-16)9-5-4-8(15)6-10(9)14/h4-7,12,18H,3,16H2,1-2H3. The summed E-state index contributed by atoms with van der Waals surface area (Å²) in [5.74, 6) is 6.44. The molecule has 1 aromatic heterocycles. The van der Waals surface area contributed by atoms with E-state index in [2.05, 4.69) is 26.5 Å². The quantitative estimate of drug-likeness (QED) is 0.636. The van der Waals surface area contributed by atoms with E-state index in [0.717, 1.165) is 22.3 Å². The van der Waals surface area contributed by atoms with Crippen LogP contribution in [0, 0.1) is 0 Å². The van der Waals surface area contributed by atoms with E-state index < -0.39 is 0 Å². The monoisotopic (exact) mass is 358 g/mol. The van der Waals surface area contributed by atoms with Crippen molar-refractivity contribution in [1.82, 2.24) is 15.2 Å². The van der Waals surface area contributed by atoms with Crippen LogP contribution in [-0.2, 0) is 6.54 Å². The molecule has 3 N–H and O–H groups in total. The molecule has 2 aromatic rings. The van der Waals surface area contributed by atoms with Crippen molar-refractivity contribution in [2.75, 3.05) is 7.11 Å². The van der Waals surface area contributed by atoms with Gasteiger partial charge in [0.05, 0.1) is 19.3 Å². The highest BCUT2D eigenvalue weighted by molar-refractivity contribution is 9.10. The summed E-state index contributed by atoms with van der Waals surface area (Å²) in [7, 11) is 1.62. The van der Waals surface area contributed by atoms with E-state index in [1.54, 1.807) is 13.3 Å². The van der Waals surface area contributed by atoms with Gasteiger partial charge in [0.1, 0.15) is 5.69 Å². The lowest BCUT2D eigenvalue weighted by Crippen LogP contribution is -2.31. The van der Waals surface area contributed by atoms with Crippen LogP contribution in [-0.4, -0.2) is 16.9 Å². The molecular formula is C13H16BrClN4O. The summed E-state index contributed by atoms with van der Waals surface area (Å²) in [6, 6.07) is 5.33. The molecule has 0 amide bonds. The van der Waals surface area contributed by atoms with Gasteiger partial charge in [-0.2, -0.15) is 5.10 Å². The summed E-state index contributed by atoms with van der Waals surface area (Å²) in [6.45, 7) is 2.74. The summed E-state index contributed by atoms with van der Waals surface area (Å²) >= 11 is 9.50. The topological polar surface area (TPSA) is 65.1 Å². The number of nitrogens with two attached hydrogens (primary N) is 1. The van der Waals surface area contributed by atoms with Crippen molar-refractivity contribution in [3.63, 3.8) is 0 Å². The predicted octanol–water partition coefficient (Wildman–Crippen LogP) is 2.88. The van der Waals surface area contributed by atoms with E-state index in [-0.39, 0.29) is 6.04 Å². The molecule has 2 rings (SSSR count). The zero-order valence-corrected chi connectivity index (χ0v) is 13.6. The number of aromatic nitrogens is 2. The number of methoxy groups -OCH3 is 1. The van der Waals surface area contributed by atoms with Gasteiger partial charge in [0.15, 0.2) is 5.75 Å². The average Bonchev–Trinajstić information content (AvgIpc) is 2.85. The van der Waals surface area contributed by atoms with Crippen molar-refractivity contribution in [2.45, 2.75) is 19.5 Å². The largest absolute Gasteiger partial charge is 0.493 e. The van der Waals surface area contributed by atoms with Gasteiger partial charge < -0.3 is 4.74 Å². The molecule has 1 heterocycles. The van der Waals surface area contributed by atoms with Gasteiger partial charge in [0.2, 0.25) is 0 Å². The van der Waals surface area contributed by atoms with Crippen molar-refractivity contribution >= 4 is 27.5 Å². The molecule has 1 atom stereocenters. The van der Waals surface area contributed by atoms with Gasteiger partial charge in [-0.25, -0.2) is 5.43 Å². The van der Waals surface area contributed by atoms with Gasteiger partial charge in [-0.05, 0) is 24.6 Å². The molecule has 0 saturated carbocycles. The summed E-state index contributed by atoms with van der Waals surface area (Å²) in [5, 5.41) is 4.96. The number of benzene rings is 1. The Bertz CT molecular complexity index is 581. The lowest BCUT2D eigenvalue weighted by molar-refractivity contribution is 0.399. The van der Waals surface area contributed by atoms with E-state index in [0.29, 0.717) is 10.8 Å². The highest BCUT2D eigenvalue weighted by Gasteiger charge is 2.24. The first-order valence-electron chi connectivity index (χ1n) is 6.13. The predicted molar refractivity (Wildman–Crippen MR) is 82.8 cm³/mol. The van der Waals surface area contributed by atoms with Crippen molar-refractivity contribution in [2.24, 2.45) is 5.84 Å². The molecule has 0 aliphatic carbocycles. The highest BCUT2D eigenvalue weighted by Crippen LogP contribution is 2.34. The second-order valence-corrected chi connectivity index (χ2v) is 5.47. The molecule has 0 saturated heterocycles. The van der Waals surface area contributed by atoms with Crippen molar-refractivity contribution in [1.29, 1.82) is 0 Å². The number of hydrazine groups is 1. The lowest BCUT2D eigenvalue weighted by atomic mass is 10.0. The lowest BCUT2D eigenvalue weighted by Gasteiger charge is -2.20. The van der Waals surface area contributed by atoms with Crippen LogP contribution in [0.15, 0.2) is 28.9 Å². The smallest absolute Gasteiger partial charge is 0.161 e. The Morgan fingerprint density at radius 3 is 2.85 bits per heavy atom. The number of nitrogens with one attached hydrogen (secondary N) is 1. The molecule has 5 nitrogen and oxygen atoms in total. The number of nitrogens with zero attached hydrogens (tertiary/aromatic N) is 2. The van der Waals surface area contributed by atoms with Gasteiger partial charge in [-0.1, -0.05) is 33.6 Å². The van der Waals surface area contributed by atoms with Crippen LogP contribution >= 0.6 is 27.5 Å². The average molecular weight is 360 g/mol. The number of rotatable bonds is 5. The fourth-order valence-corrected chi connectivity index (χ4v) is 3.04. The Morgan fingerprint density at radius 2 is 2.30 bits per heavy atom. The zero-order valence-electron chi connectivity index (χ0n) is 11.2. The molecule has 7 heteroatoms. The van der Waals surface area contributed by atoms with E-state index >= 15 is 0 Å². The molecule has 108 valence electrons. The summed E-state index contributed by atoms with van der Waals surface area (Å²) < 4.78 is 8.10. The Balaban J connectivity index is 2.54. The molecule has 1 unspecified atom stereocenters. The molecule has 0 radical (unpaired) electrons. The fraction of sp³-hybridized carbons (Fsp3) is 0.308. The Kier molecular flexibility index (Phi) is 5.04. The molecule has 0 bridgehead atoms. The van der Waals surface area contributed by atoms with Gasteiger partial charge in [0.25, 0.3) is 0 Å². The van der Waals surface area contributed by atoms with Gasteiger partial charge in [-0.15, -0.1) is 0 Å². The second kappa shape index (κ2) is 6.58. The molecule has 20 heavy (non-hydrogen) atoms. The van der Waals surface area contributed by atoms with Crippen LogP contribution in [0.4, 0.5) is 0 Å². The molecule has 1 aromatic carbocycles. The maximum Gasteiger partial charge on any atom is 0.161 e. The first-order chi connectivity index (χ1) is 9.62. The van der Waals surface area contributed by atoms with Crippen molar-refractivity contribution in [3.05, 3.63) is 45.1 Å². The number of ether oxygens (including phenoxy) is 1. The minimum absolute atomic E-state index is 0.251. The molecule has 0 spiro atoms. The number of hydrogen-bond acceptors (Lipinski definition) is 4. The Morgan fingerprint density at radius 1 is 1.55 bits per heavy atom. The van der Waals surface area contributed by atoms with Crippen LogP contribution < -0.4 is 16.0 Å². The normalized spacial score (nSPS) is 12.4. The fourth-order valence-electron chi connectivity index (χ4n) is 2.13. The Labute approximate surface area is 131 Å². The van der Waals surface area contributed by atoms with Crippen LogP contribution in [0.3, 0.4) is 0 Å². The Hall–Kier alpha value is -1.08. The van der Waals surface area contributed by atoms with Crippen LogP contribution in [0.5, 0.6) is 5.75 Å². The van der Waals surface area contributed by atoms with Crippen LogP contribution in [0.1, 0.15) is 24.2 Å². The summed E-state index contributed by atoms with van der Waals surface area (Å²) in [5.41, 5.74) is 4.66. The van der Waals surface area contributed by atoms with Gasteiger partial charge >= 0.3 is 0 Å². The summed E-state index contributed by atoms with van der Waals surface area (Å²) in [6.07, 6.45) is 1.69. The molecular weight excluding hydrogens is 344 g/mol. The van der Waals surface area contributed by atoms with Crippen molar-refractivity contribution in [3.8, 4) is 5.75 Å². The SMILES string of the molecule is CCn1ncc(OC)c1C(NN)c1ccc(Cl)cc1Br. The number of hydrogen-bond donors (Lipinski definition) is 2. The minimum Gasteiger partial charge on any atom is -0.493 e. The zero-order chi connectivity index (χ0) is 14.7. The van der Waals surface area contributed by atoms with Gasteiger partial charge in [-0.3, -0.25) is 10.5 Å². The molecule has 0 aliphatic rings. The third-order valence-corrected chi connectivity index (χ3v) is 4.00. The van der Waals surface area contributed by atoms with E-state index in [4.69, 9.17) is 22.2 Å². The van der Waals surface area contributed by atoms with E-state index in [1.807, 2.05) is 29.8 Å². The number of halogens is 2. The first-order valence-corrected chi connectivity index (χ1v) is 7.30. The van der Waals surface area contributed by atoms with Crippen LogP contribution in [0.25, 0.3) is 0 Å². The van der Waals surface area contributed by atoms with Crippen LogP contribution in [0.2, 0.25) is 5.02 Å². The third kappa shape index (κ3) is 2.83. The molecule has 0 fully saturated rings. The van der Waals surface area contributed by atoms with Crippen molar-refractivity contribution < 1.29 is 4.74 Å².